The Morgan fingerprint density at radius 1 is 1.50 bits per heavy atom. The van der Waals surface area contributed by atoms with Gasteiger partial charge in [-0.05, 0) is 12.1 Å². The van der Waals surface area contributed by atoms with Crippen molar-refractivity contribution in [2.75, 3.05) is 0 Å². The number of amides is 1. The second-order valence-corrected chi connectivity index (χ2v) is 10.2. The molecule has 2 aliphatic rings. The van der Waals surface area contributed by atoms with Gasteiger partial charge in [-0.15, -0.1) is 0 Å². The molecule has 0 aromatic rings. The van der Waals surface area contributed by atoms with Gasteiger partial charge in [-0.2, -0.15) is 0 Å². The number of fused-ring (bicyclic) bond motifs is 1. The zero-order valence-electron chi connectivity index (χ0n) is 8.49. The molecule has 5 heteroatoms. The van der Waals surface area contributed by atoms with E-state index in [1.165, 1.54) is 0 Å². The van der Waals surface area contributed by atoms with Crippen LogP contribution in [-0.4, -0.2) is 42.0 Å². The van der Waals surface area contributed by atoms with Crippen LogP contribution in [0.25, 0.3) is 0 Å². The predicted molar refractivity (Wildman–Crippen MR) is 53.8 cm³/mol. The summed E-state index contributed by atoms with van der Waals surface area (Å²) < 4.78 is 0. The molecule has 2 unspecified atom stereocenters. The molecule has 0 spiro atoms. The van der Waals surface area contributed by atoms with Crippen molar-refractivity contribution in [2.45, 2.75) is 43.7 Å². The van der Waals surface area contributed by atoms with Crippen molar-refractivity contribution in [1.82, 2.24) is 4.90 Å². The highest BCUT2D eigenvalue weighted by atomic mass is 28.3. The van der Waals surface area contributed by atoms with Crippen LogP contribution >= 0.6 is 0 Å². The van der Waals surface area contributed by atoms with E-state index in [-0.39, 0.29) is 11.9 Å². The normalized spacial score (nSPS) is 34.7. The van der Waals surface area contributed by atoms with Gasteiger partial charge in [-0.3, -0.25) is 4.79 Å². The first kappa shape index (κ1) is 9.70. The molecule has 2 rings (SSSR count). The van der Waals surface area contributed by atoms with Crippen molar-refractivity contribution < 1.29 is 14.7 Å². The lowest BCUT2D eigenvalue weighted by Gasteiger charge is -2.52. The molecule has 0 aliphatic carbocycles. The SMILES string of the molecule is C[Si]1(C)CC2CC(=O)N2C(C(=O)O)C1. The fourth-order valence-corrected chi connectivity index (χ4v) is 5.85. The summed E-state index contributed by atoms with van der Waals surface area (Å²) >= 11 is 0. The topological polar surface area (TPSA) is 57.6 Å². The van der Waals surface area contributed by atoms with Gasteiger partial charge < -0.3 is 10.0 Å². The largest absolute Gasteiger partial charge is 0.480 e. The second-order valence-electron chi connectivity index (χ2n) is 5.09. The number of carbonyl (C=O) groups excluding carboxylic acids is 1. The van der Waals surface area contributed by atoms with Crippen molar-refractivity contribution >= 4 is 20.0 Å². The first-order valence-corrected chi connectivity index (χ1v) is 8.36. The molecule has 14 heavy (non-hydrogen) atoms. The third kappa shape index (κ3) is 1.35. The third-order valence-corrected chi connectivity index (χ3v) is 6.31. The van der Waals surface area contributed by atoms with Gasteiger partial charge in [-0.1, -0.05) is 13.1 Å². The molecule has 0 radical (unpaired) electrons. The van der Waals surface area contributed by atoms with Crippen LogP contribution in [-0.2, 0) is 9.59 Å². The number of carboxylic acid groups (broad SMARTS) is 1. The average molecular weight is 213 g/mol. The second kappa shape index (κ2) is 2.82. The smallest absolute Gasteiger partial charge is 0.326 e. The molecule has 2 fully saturated rings. The summed E-state index contributed by atoms with van der Waals surface area (Å²) in [6.07, 6.45) is 0.570. The van der Waals surface area contributed by atoms with E-state index in [4.69, 9.17) is 5.11 Å². The van der Waals surface area contributed by atoms with E-state index >= 15 is 0 Å². The molecule has 2 heterocycles. The van der Waals surface area contributed by atoms with Gasteiger partial charge in [-0.25, -0.2) is 4.79 Å². The molecule has 1 N–H and O–H groups in total. The maximum atomic E-state index is 11.3. The fraction of sp³-hybridized carbons (Fsp3) is 0.778. The van der Waals surface area contributed by atoms with Crippen LogP contribution in [0.1, 0.15) is 6.42 Å². The van der Waals surface area contributed by atoms with Crippen LogP contribution in [0, 0.1) is 0 Å². The van der Waals surface area contributed by atoms with E-state index in [2.05, 4.69) is 13.1 Å². The quantitative estimate of drug-likeness (QED) is 0.517. The number of β-lactam (4-membered cyclic amide) rings is 1. The van der Waals surface area contributed by atoms with E-state index < -0.39 is 20.1 Å². The standard InChI is InChI=1S/C9H15NO3Si/c1-14(2)4-6-3-8(11)10(6)7(5-14)9(12)13/h6-7H,3-5H2,1-2H3,(H,12,13). The lowest BCUT2D eigenvalue weighted by molar-refractivity contribution is -0.160. The maximum absolute atomic E-state index is 11.3. The van der Waals surface area contributed by atoms with Gasteiger partial charge in [0.15, 0.2) is 0 Å². The van der Waals surface area contributed by atoms with Gasteiger partial charge in [0.25, 0.3) is 0 Å². The molecule has 78 valence electrons. The Balaban J connectivity index is 2.20. The summed E-state index contributed by atoms with van der Waals surface area (Å²) in [7, 11) is -1.37. The van der Waals surface area contributed by atoms with E-state index in [0.717, 1.165) is 6.04 Å². The Kier molecular flexibility index (Phi) is 1.96. The van der Waals surface area contributed by atoms with Crippen molar-refractivity contribution in [3.63, 3.8) is 0 Å². The van der Waals surface area contributed by atoms with Gasteiger partial charge >= 0.3 is 5.97 Å². The van der Waals surface area contributed by atoms with E-state index in [1.807, 2.05) is 0 Å². The summed E-state index contributed by atoms with van der Waals surface area (Å²) in [5.41, 5.74) is 0. The lowest BCUT2D eigenvalue weighted by atomic mass is 10.00. The van der Waals surface area contributed by atoms with Gasteiger partial charge in [0.05, 0.1) is 8.07 Å². The number of carboxylic acids is 1. The highest BCUT2D eigenvalue weighted by molar-refractivity contribution is 6.78. The van der Waals surface area contributed by atoms with Crippen LogP contribution in [0.2, 0.25) is 25.2 Å². The van der Waals surface area contributed by atoms with Crippen LogP contribution in [0.4, 0.5) is 0 Å². The molecule has 2 saturated heterocycles. The highest BCUT2D eigenvalue weighted by Crippen LogP contribution is 2.39. The number of hydrogen-bond donors (Lipinski definition) is 1. The average Bonchev–Trinajstić information content (AvgIpc) is 2.00. The third-order valence-electron chi connectivity index (χ3n) is 3.25. The van der Waals surface area contributed by atoms with Crippen molar-refractivity contribution in [3.05, 3.63) is 0 Å². The summed E-state index contributed by atoms with van der Waals surface area (Å²) in [5, 5.41) is 9.04. The van der Waals surface area contributed by atoms with E-state index in [9.17, 15) is 9.59 Å². The first-order chi connectivity index (χ1) is 6.41. The van der Waals surface area contributed by atoms with Crippen molar-refractivity contribution in [2.24, 2.45) is 0 Å². The van der Waals surface area contributed by atoms with Gasteiger partial charge in [0.2, 0.25) is 5.91 Å². The fourth-order valence-electron chi connectivity index (χ4n) is 2.64. The van der Waals surface area contributed by atoms with Crippen LogP contribution < -0.4 is 0 Å². The molecule has 2 atom stereocenters. The Morgan fingerprint density at radius 3 is 2.64 bits per heavy atom. The number of carbonyl (C=O) groups is 2. The molecule has 0 bridgehead atoms. The number of nitrogens with zero attached hydrogens (tertiary/aromatic N) is 1. The molecule has 1 amide bonds. The Bertz CT molecular complexity index is 302. The maximum Gasteiger partial charge on any atom is 0.326 e. The molecule has 2 aliphatic heterocycles. The van der Waals surface area contributed by atoms with Gasteiger partial charge in [0, 0.05) is 12.5 Å². The minimum absolute atomic E-state index is 0.0203. The van der Waals surface area contributed by atoms with Gasteiger partial charge in [0.1, 0.15) is 6.04 Å². The molecule has 4 nitrogen and oxygen atoms in total. The highest BCUT2D eigenvalue weighted by Gasteiger charge is 2.51. The summed E-state index contributed by atoms with van der Waals surface area (Å²) in [4.78, 5) is 23.9. The van der Waals surface area contributed by atoms with Crippen molar-refractivity contribution in [3.8, 4) is 0 Å². The lowest BCUT2D eigenvalue weighted by Crippen LogP contribution is -2.66. The zero-order chi connectivity index (χ0) is 10.5. The van der Waals surface area contributed by atoms with Crippen LogP contribution in [0.3, 0.4) is 0 Å². The molecule has 0 aromatic heterocycles. The molecular weight excluding hydrogens is 198 g/mol. The summed E-state index contributed by atoms with van der Waals surface area (Å²) in [5.74, 6) is -0.810. The summed E-state index contributed by atoms with van der Waals surface area (Å²) in [6.45, 7) is 4.42. The number of aliphatic carboxylic acids is 1. The molecule has 0 aromatic carbocycles. The Hall–Kier alpha value is -0.843. The first-order valence-electron chi connectivity index (χ1n) is 4.95. The Labute approximate surface area is 83.9 Å². The number of rotatable bonds is 1. The van der Waals surface area contributed by atoms with Crippen LogP contribution in [0.5, 0.6) is 0 Å². The minimum atomic E-state index is -1.37. The molecule has 0 saturated carbocycles. The monoisotopic (exact) mass is 213 g/mol. The predicted octanol–water partition coefficient (Wildman–Crippen LogP) is 0.762. The summed E-state index contributed by atoms with van der Waals surface area (Å²) in [6, 6.07) is 1.49. The zero-order valence-corrected chi connectivity index (χ0v) is 9.49. The minimum Gasteiger partial charge on any atom is -0.480 e. The van der Waals surface area contributed by atoms with E-state index in [0.29, 0.717) is 12.5 Å². The van der Waals surface area contributed by atoms with Crippen LogP contribution in [0.15, 0.2) is 0 Å². The van der Waals surface area contributed by atoms with E-state index in [1.54, 1.807) is 4.90 Å². The Morgan fingerprint density at radius 2 is 2.14 bits per heavy atom. The van der Waals surface area contributed by atoms with Crippen molar-refractivity contribution in [1.29, 1.82) is 0 Å². The molecular formula is C9H15NO3Si. The number of hydrogen-bond acceptors (Lipinski definition) is 2.